The zero-order valence-electron chi connectivity index (χ0n) is 8.71. The van der Waals surface area contributed by atoms with Crippen LogP contribution in [0.5, 0.6) is 0 Å². The maximum atomic E-state index is 4.56. The Hall–Kier alpha value is -1.90. The summed E-state index contributed by atoms with van der Waals surface area (Å²) in [5, 5.41) is 2.31. The molecule has 0 saturated heterocycles. The van der Waals surface area contributed by atoms with Crippen molar-refractivity contribution in [1.29, 1.82) is 0 Å². The van der Waals surface area contributed by atoms with Crippen LogP contribution in [-0.4, -0.2) is 15.1 Å². The van der Waals surface area contributed by atoms with Gasteiger partial charge in [-0.05, 0) is 19.1 Å². The van der Waals surface area contributed by atoms with Crippen molar-refractivity contribution in [2.24, 2.45) is 4.99 Å². The first-order chi connectivity index (χ1) is 7.79. The zero-order chi connectivity index (χ0) is 11.4. The quantitative estimate of drug-likeness (QED) is 0.584. The Morgan fingerprint density at radius 1 is 1.19 bits per heavy atom. The van der Waals surface area contributed by atoms with Crippen LogP contribution >= 0.6 is 12.2 Å². The summed E-state index contributed by atoms with van der Waals surface area (Å²) >= 11 is 4.56. The van der Waals surface area contributed by atoms with E-state index in [0.29, 0.717) is 11.6 Å². The third kappa shape index (κ3) is 2.37. The van der Waals surface area contributed by atoms with E-state index in [1.54, 1.807) is 6.07 Å². The van der Waals surface area contributed by atoms with E-state index in [1.165, 1.54) is 0 Å². The minimum absolute atomic E-state index is 0.543. The summed E-state index contributed by atoms with van der Waals surface area (Å²) < 4.78 is 0. The third-order valence-corrected chi connectivity index (χ3v) is 2.12. The SMILES string of the molecule is Cc1cc(N=C=S)nc(-c2ccccc2)n1. The van der Waals surface area contributed by atoms with Gasteiger partial charge >= 0.3 is 0 Å². The van der Waals surface area contributed by atoms with Crippen molar-refractivity contribution in [3.05, 3.63) is 42.1 Å². The van der Waals surface area contributed by atoms with E-state index in [-0.39, 0.29) is 0 Å². The van der Waals surface area contributed by atoms with E-state index in [1.807, 2.05) is 37.3 Å². The average molecular weight is 227 g/mol. The molecule has 0 unspecified atom stereocenters. The van der Waals surface area contributed by atoms with E-state index >= 15 is 0 Å². The summed E-state index contributed by atoms with van der Waals surface area (Å²) in [7, 11) is 0. The van der Waals surface area contributed by atoms with Gasteiger partial charge in [-0.1, -0.05) is 30.3 Å². The van der Waals surface area contributed by atoms with Gasteiger partial charge in [0.05, 0.1) is 5.16 Å². The molecule has 1 aromatic heterocycles. The molecule has 0 fully saturated rings. The van der Waals surface area contributed by atoms with Gasteiger partial charge in [0.2, 0.25) is 0 Å². The second-order valence-electron chi connectivity index (χ2n) is 3.26. The largest absolute Gasteiger partial charge is 0.233 e. The molecule has 0 saturated carbocycles. The third-order valence-electron chi connectivity index (χ3n) is 2.03. The van der Waals surface area contributed by atoms with E-state index in [2.05, 4.69) is 32.3 Å². The molecule has 1 aromatic carbocycles. The van der Waals surface area contributed by atoms with Crippen molar-refractivity contribution in [2.75, 3.05) is 0 Å². The Bertz CT molecular complexity index is 545. The highest BCUT2D eigenvalue weighted by atomic mass is 32.1. The summed E-state index contributed by atoms with van der Waals surface area (Å²) in [5.41, 5.74) is 1.82. The van der Waals surface area contributed by atoms with Crippen LogP contribution in [0.3, 0.4) is 0 Å². The highest BCUT2D eigenvalue weighted by Crippen LogP contribution is 2.18. The van der Waals surface area contributed by atoms with Crippen LogP contribution in [0.1, 0.15) is 5.69 Å². The van der Waals surface area contributed by atoms with Crippen molar-refractivity contribution < 1.29 is 0 Å². The minimum atomic E-state index is 0.543. The van der Waals surface area contributed by atoms with Gasteiger partial charge in [0.25, 0.3) is 0 Å². The molecular weight excluding hydrogens is 218 g/mol. The van der Waals surface area contributed by atoms with Gasteiger partial charge in [-0.2, -0.15) is 4.99 Å². The Morgan fingerprint density at radius 3 is 2.62 bits per heavy atom. The molecule has 0 spiro atoms. The van der Waals surface area contributed by atoms with Crippen molar-refractivity contribution in [1.82, 2.24) is 9.97 Å². The molecule has 0 amide bonds. The van der Waals surface area contributed by atoms with Crippen LogP contribution in [0.25, 0.3) is 11.4 Å². The van der Waals surface area contributed by atoms with Gasteiger partial charge < -0.3 is 0 Å². The van der Waals surface area contributed by atoms with Crippen LogP contribution in [0.4, 0.5) is 5.82 Å². The van der Waals surface area contributed by atoms with Crippen molar-refractivity contribution in [2.45, 2.75) is 6.92 Å². The monoisotopic (exact) mass is 227 g/mol. The Kier molecular flexibility index (Phi) is 3.15. The first kappa shape index (κ1) is 10.6. The Morgan fingerprint density at radius 2 is 1.94 bits per heavy atom. The molecule has 2 rings (SSSR count). The minimum Gasteiger partial charge on any atom is -0.233 e. The van der Waals surface area contributed by atoms with Crippen molar-refractivity contribution >= 4 is 23.2 Å². The van der Waals surface area contributed by atoms with E-state index < -0.39 is 0 Å². The number of thiocarbonyl (C=S) groups is 1. The lowest BCUT2D eigenvalue weighted by atomic mass is 10.2. The van der Waals surface area contributed by atoms with Gasteiger partial charge in [-0.15, -0.1) is 0 Å². The Balaban J connectivity index is 2.53. The number of aryl methyl sites for hydroxylation is 1. The molecular formula is C12H9N3S. The second kappa shape index (κ2) is 4.75. The molecule has 0 atom stereocenters. The molecule has 0 bridgehead atoms. The van der Waals surface area contributed by atoms with Crippen molar-refractivity contribution in [3.63, 3.8) is 0 Å². The fourth-order valence-electron chi connectivity index (χ4n) is 1.37. The number of rotatable bonds is 2. The number of nitrogens with zero attached hydrogens (tertiary/aromatic N) is 3. The van der Waals surface area contributed by atoms with E-state index in [4.69, 9.17) is 0 Å². The fourth-order valence-corrected chi connectivity index (χ4v) is 1.47. The van der Waals surface area contributed by atoms with Crippen molar-refractivity contribution in [3.8, 4) is 11.4 Å². The van der Waals surface area contributed by atoms with Crippen LogP contribution in [0, 0.1) is 6.92 Å². The fraction of sp³-hybridized carbons (Fsp3) is 0.0833. The van der Waals surface area contributed by atoms with Gasteiger partial charge in [-0.3, -0.25) is 0 Å². The molecule has 0 N–H and O–H groups in total. The number of hydrogen-bond acceptors (Lipinski definition) is 4. The molecule has 0 aliphatic rings. The van der Waals surface area contributed by atoms with E-state index in [9.17, 15) is 0 Å². The van der Waals surface area contributed by atoms with Crippen LogP contribution in [-0.2, 0) is 0 Å². The molecule has 2 aromatic rings. The first-order valence-corrected chi connectivity index (χ1v) is 5.19. The predicted molar refractivity (Wildman–Crippen MR) is 66.9 cm³/mol. The number of benzene rings is 1. The van der Waals surface area contributed by atoms with Crippen LogP contribution in [0.15, 0.2) is 41.4 Å². The highest BCUT2D eigenvalue weighted by Gasteiger charge is 2.03. The first-order valence-electron chi connectivity index (χ1n) is 4.78. The molecule has 0 radical (unpaired) electrons. The summed E-state index contributed by atoms with van der Waals surface area (Å²) in [6, 6.07) is 11.5. The lowest BCUT2D eigenvalue weighted by molar-refractivity contribution is 1.10. The highest BCUT2D eigenvalue weighted by molar-refractivity contribution is 7.78. The van der Waals surface area contributed by atoms with Gasteiger partial charge in [0.1, 0.15) is 0 Å². The smallest absolute Gasteiger partial charge is 0.166 e. The maximum Gasteiger partial charge on any atom is 0.166 e. The number of isothiocyanates is 1. The predicted octanol–water partition coefficient (Wildman–Crippen LogP) is 3.19. The zero-order valence-corrected chi connectivity index (χ0v) is 9.53. The molecule has 0 aliphatic heterocycles. The normalized spacial score (nSPS) is 9.56. The molecule has 4 heteroatoms. The van der Waals surface area contributed by atoms with E-state index in [0.717, 1.165) is 11.3 Å². The summed E-state index contributed by atoms with van der Waals surface area (Å²) in [4.78, 5) is 12.5. The molecule has 0 aliphatic carbocycles. The van der Waals surface area contributed by atoms with Crippen LogP contribution in [0.2, 0.25) is 0 Å². The van der Waals surface area contributed by atoms with Gasteiger partial charge in [0, 0.05) is 17.3 Å². The number of aromatic nitrogens is 2. The summed E-state index contributed by atoms with van der Waals surface area (Å²) in [6.45, 7) is 1.90. The number of aliphatic imine (C=N–C) groups is 1. The molecule has 3 nitrogen and oxygen atoms in total. The molecule has 1 heterocycles. The topological polar surface area (TPSA) is 38.1 Å². The second-order valence-corrected chi connectivity index (χ2v) is 3.44. The number of hydrogen-bond donors (Lipinski definition) is 0. The van der Waals surface area contributed by atoms with Crippen LogP contribution < -0.4 is 0 Å². The molecule has 78 valence electrons. The Labute approximate surface area is 98.9 Å². The maximum absolute atomic E-state index is 4.56. The lowest BCUT2D eigenvalue weighted by Gasteiger charge is -2.01. The summed E-state index contributed by atoms with van der Waals surface area (Å²) in [5.74, 6) is 1.20. The van der Waals surface area contributed by atoms with Gasteiger partial charge in [-0.25, -0.2) is 9.97 Å². The van der Waals surface area contributed by atoms with Gasteiger partial charge in [0.15, 0.2) is 11.6 Å². The lowest BCUT2D eigenvalue weighted by Crippen LogP contribution is -1.91. The average Bonchev–Trinajstić information content (AvgIpc) is 2.30. The summed E-state index contributed by atoms with van der Waals surface area (Å²) in [6.07, 6.45) is 0. The standard InChI is InChI=1S/C12H9N3S/c1-9-7-11(13-8-16)15-12(14-9)10-5-3-2-4-6-10/h2-7H,1H3. The molecule has 16 heavy (non-hydrogen) atoms.